The van der Waals surface area contributed by atoms with Crippen molar-refractivity contribution in [2.24, 2.45) is 5.92 Å². The first kappa shape index (κ1) is 12.3. The van der Waals surface area contributed by atoms with Crippen LogP contribution in [0.2, 0.25) is 0 Å². The number of rotatable bonds is 3. The minimum Gasteiger partial charge on any atom is -0.312 e. The van der Waals surface area contributed by atoms with E-state index in [9.17, 15) is 13.2 Å². The van der Waals surface area contributed by atoms with Crippen LogP contribution < -0.4 is 5.32 Å². The van der Waals surface area contributed by atoms with E-state index in [1.54, 1.807) is 0 Å². The number of nitrogens with one attached hydrogen (secondary N) is 1. The monoisotopic (exact) mass is 220 g/mol. The summed E-state index contributed by atoms with van der Waals surface area (Å²) in [4.78, 5) is 0. The van der Waals surface area contributed by atoms with Gasteiger partial charge in [-0.1, -0.05) is 19.3 Å². The third-order valence-electron chi connectivity index (χ3n) is 2.77. The molecular weight excluding hydrogens is 205 g/mol. The Morgan fingerprint density at radius 1 is 1.27 bits per heavy atom. The molecule has 0 amide bonds. The van der Waals surface area contributed by atoms with E-state index >= 15 is 0 Å². The normalized spacial score (nSPS) is 20.9. The van der Waals surface area contributed by atoms with Gasteiger partial charge in [-0.25, -0.2) is 0 Å². The number of halogens is 3. The predicted molar refractivity (Wildman–Crippen MR) is 50.0 cm³/mol. The molecule has 0 saturated heterocycles. The number of hydrogen-bond acceptors (Lipinski definition) is 2. The van der Waals surface area contributed by atoms with E-state index in [2.05, 4.69) is 5.32 Å². The number of nitrogens with zero attached hydrogens (tertiary/aromatic N) is 1. The lowest BCUT2D eigenvalue weighted by molar-refractivity contribution is -0.158. The second-order valence-corrected chi connectivity index (χ2v) is 3.97. The maximum atomic E-state index is 12.2. The Hall–Kier alpha value is -0.760. The summed E-state index contributed by atoms with van der Waals surface area (Å²) in [6, 6.07) is 1.46. The van der Waals surface area contributed by atoms with Crippen LogP contribution in [-0.2, 0) is 0 Å². The van der Waals surface area contributed by atoms with E-state index in [0.717, 1.165) is 25.7 Å². The Morgan fingerprint density at radius 3 is 2.33 bits per heavy atom. The van der Waals surface area contributed by atoms with Gasteiger partial charge in [0.2, 0.25) is 0 Å². The molecule has 1 saturated carbocycles. The summed E-state index contributed by atoms with van der Waals surface area (Å²) < 4.78 is 36.6. The van der Waals surface area contributed by atoms with E-state index in [-0.39, 0.29) is 12.6 Å². The van der Waals surface area contributed by atoms with E-state index in [1.165, 1.54) is 12.5 Å². The molecule has 1 aliphatic carbocycles. The summed E-state index contributed by atoms with van der Waals surface area (Å²) in [5.74, 6) is -1.88. The first-order valence-corrected chi connectivity index (χ1v) is 5.23. The van der Waals surface area contributed by atoms with E-state index < -0.39 is 12.1 Å². The standard InChI is InChI=1S/C10H15F3N2/c11-10(12,13)8(6-14)7-15-9-4-2-1-3-5-9/h8-9,15H,1-5,7H2. The maximum Gasteiger partial charge on any atom is 0.405 e. The molecule has 0 radical (unpaired) electrons. The first-order chi connectivity index (χ1) is 7.04. The number of hydrogen-bond donors (Lipinski definition) is 1. The fraction of sp³-hybridized carbons (Fsp3) is 0.900. The van der Waals surface area contributed by atoms with Crippen LogP contribution >= 0.6 is 0 Å². The SMILES string of the molecule is N#CC(CNC1CCCCC1)C(F)(F)F. The van der Waals surface area contributed by atoms with Crippen LogP contribution in [0, 0.1) is 17.2 Å². The first-order valence-electron chi connectivity index (χ1n) is 5.23. The van der Waals surface area contributed by atoms with Crippen LogP contribution in [0.25, 0.3) is 0 Å². The second-order valence-electron chi connectivity index (χ2n) is 3.97. The lowest BCUT2D eigenvalue weighted by Crippen LogP contribution is -2.39. The Bertz CT molecular complexity index is 226. The molecule has 0 heterocycles. The van der Waals surface area contributed by atoms with Crippen LogP contribution in [0.4, 0.5) is 13.2 Å². The topological polar surface area (TPSA) is 35.8 Å². The maximum absolute atomic E-state index is 12.2. The zero-order valence-electron chi connectivity index (χ0n) is 8.48. The fourth-order valence-electron chi connectivity index (χ4n) is 1.83. The van der Waals surface area contributed by atoms with Crippen molar-refractivity contribution in [2.45, 2.75) is 44.3 Å². The van der Waals surface area contributed by atoms with Gasteiger partial charge in [-0.15, -0.1) is 0 Å². The Kier molecular flexibility index (Phi) is 4.40. The van der Waals surface area contributed by atoms with E-state index in [1.807, 2.05) is 0 Å². The van der Waals surface area contributed by atoms with Crippen molar-refractivity contribution in [1.82, 2.24) is 5.32 Å². The molecule has 0 bridgehead atoms. The molecule has 1 rings (SSSR count). The third kappa shape index (κ3) is 4.08. The summed E-state index contributed by atoms with van der Waals surface area (Å²) in [5, 5.41) is 11.2. The van der Waals surface area contributed by atoms with Crippen molar-refractivity contribution in [3.63, 3.8) is 0 Å². The fourth-order valence-corrected chi connectivity index (χ4v) is 1.83. The molecule has 0 aromatic rings. The highest BCUT2D eigenvalue weighted by Gasteiger charge is 2.39. The zero-order valence-corrected chi connectivity index (χ0v) is 8.48. The average Bonchev–Trinajstić information content (AvgIpc) is 2.18. The highest BCUT2D eigenvalue weighted by molar-refractivity contribution is 4.90. The smallest absolute Gasteiger partial charge is 0.312 e. The summed E-state index contributed by atoms with van der Waals surface area (Å²) >= 11 is 0. The van der Waals surface area contributed by atoms with Crippen molar-refractivity contribution in [3.05, 3.63) is 0 Å². The summed E-state index contributed by atoms with van der Waals surface area (Å²) in [7, 11) is 0. The van der Waals surface area contributed by atoms with Crippen molar-refractivity contribution >= 4 is 0 Å². The van der Waals surface area contributed by atoms with Crippen LogP contribution in [-0.4, -0.2) is 18.8 Å². The highest BCUT2D eigenvalue weighted by Crippen LogP contribution is 2.25. The van der Waals surface area contributed by atoms with E-state index in [4.69, 9.17) is 5.26 Å². The van der Waals surface area contributed by atoms with Gasteiger partial charge < -0.3 is 5.32 Å². The minimum absolute atomic E-state index is 0.164. The molecule has 0 aromatic heterocycles. The molecule has 15 heavy (non-hydrogen) atoms. The number of alkyl halides is 3. The van der Waals surface area contributed by atoms with Crippen LogP contribution in [0.5, 0.6) is 0 Å². The largest absolute Gasteiger partial charge is 0.405 e. The van der Waals surface area contributed by atoms with Gasteiger partial charge in [0.25, 0.3) is 0 Å². The summed E-state index contributed by atoms with van der Waals surface area (Å²) in [6.45, 7) is -0.273. The molecule has 1 aliphatic rings. The Balaban J connectivity index is 2.31. The molecule has 86 valence electrons. The molecular formula is C10H15F3N2. The van der Waals surface area contributed by atoms with Crippen molar-refractivity contribution < 1.29 is 13.2 Å². The molecule has 5 heteroatoms. The van der Waals surface area contributed by atoms with E-state index in [0.29, 0.717) is 0 Å². The van der Waals surface area contributed by atoms with Gasteiger partial charge in [0.05, 0.1) is 6.07 Å². The minimum atomic E-state index is -4.41. The van der Waals surface area contributed by atoms with Crippen LogP contribution in [0.3, 0.4) is 0 Å². The van der Waals surface area contributed by atoms with Gasteiger partial charge in [-0.2, -0.15) is 18.4 Å². The third-order valence-corrected chi connectivity index (χ3v) is 2.77. The molecule has 0 spiro atoms. The van der Waals surface area contributed by atoms with Gasteiger partial charge >= 0.3 is 6.18 Å². The van der Waals surface area contributed by atoms with Crippen molar-refractivity contribution in [3.8, 4) is 6.07 Å². The van der Waals surface area contributed by atoms with Gasteiger partial charge in [-0.3, -0.25) is 0 Å². The molecule has 0 aliphatic heterocycles. The van der Waals surface area contributed by atoms with Gasteiger partial charge in [0.1, 0.15) is 0 Å². The van der Waals surface area contributed by atoms with Crippen molar-refractivity contribution in [1.29, 1.82) is 5.26 Å². The van der Waals surface area contributed by atoms with Crippen molar-refractivity contribution in [2.75, 3.05) is 6.54 Å². The average molecular weight is 220 g/mol. The lowest BCUT2D eigenvalue weighted by Gasteiger charge is -2.24. The second kappa shape index (κ2) is 5.36. The van der Waals surface area contributed by atoms with Gasteiger partial charge in [0, 0.05) is 12.6 Å². The molecule has 1 fully saturated rings. The lowest BCUT2D eigenvalue weighted by atomic mass is 9.95. The Morgan fingerprint density at radius 2 is 1.87 bits per heavy atom. The molecule has 1 unspecified atom stereocenters. The van der Waals surface area contributed by atoms with Gasteiger partial charge in [0.15, 0.2) is 5.92 Å². The number of nitriles is 1. The molecule has 2 nitrogen and oxygen atoms in total. The molecule has 1 atom stereocenters. The van der Waals surface area contributed by atoms with Crippen LogP contribution in [0.1, 0.15) is 32.1 Å². The summed E-state index contributed by atoms with van der Waals surface area (Å²) in [6.07, 6.45) is 0.753. The molecule has 1 N–H and O–H groups in total. The summed E-state index contributed by atoms with van der Waals surface area (Å²) in [5.41, 5.74) is 0. The quantitative estimate of drug-likeness (QED) is 0.793. The predicted octanol–water partition coefficient (Wildman–Crippen LogP) is 2.61. The van der Waals surface area contributed by atoms with Crippen LogP contribution in [0.15, 0.2) is 0 Å². The zero-order chi connectivity index (χ0) is 11.3. The Labute approximate surface area is 87.5 Å². The van der Waals surface area contributed by atoms with Gasteiger partial charge in [-0.05, 0) is 12.8 Å². The molecule has 0 aromatic carbocycles. The highest BCUT2D eigenvalue weighted by atomic mass is 19.4.